The number of benzene rings is 7. The molecule has 7 aromatic carbocycles. The van der Waals surface area contributed by atoms with Crippen LogP contribution >= 0.6 is 0 Å². The zero-order valence-corrected chi connectivity index (χ0v) is 26.9. The van der Waals surface area contributed by atoms with Gasteiger partial charge < -0.3 is 4.90 Å². The second kappa shape index (κ2) is 10.9. The summed E-state index contributed by atoms with van der Waals surface area (Å²) in [5.41, 5.74) is 16.4. The lowest BCUT2D eigenvalue weighted by Crippen LogP contribution is -2.17. The van der Waals surface area contributed by atoms with Crippen molar-refractivity contribution in [2.75, 3.05) is 4.90 Å². The fraction of sp³-hybridized carbons (Fsp3) is 0.111. The third kappa shape index (κ3) is 4.54. The molecular weight excluding hydrogens is 555 g/mol. The van der Waals surface area contributed by atoms with Gasteiger partial charge in [0, 0.05) is 22.4 Å². The van der Waals surface area contributed by atoms with Crippen molar-refractivity contribution in [3.05, 3.63) is 174 Å². The first-order chi connectivity index (χ1) is 22.4. The number of nitrogens with zero attached hydrogens (tertiary/aromatic N) is 1. The molecule has 0 spiro atoms. The number of anilines is 3. The predicted molar refractivity (Wildman–Crippen MR) is 197 cm³/mol. The van der Waals surface area contributed by atoms with Crippen molar-refractivity contribution in [2.24, 2.45) is 0 Å². The van der Waals surface area contributed by atoms with Gasteiger partial charge in [0.25, 0.3) is 0 Å². The molecule has 0 aliphatic heterocycles. The summed E-state index contributed by atoms with van der Waals surface area (Å²) in [5.74, 6) is 0. The molecule has 0 unspecified atom stereocenters. The van der Waals surface area contributed by atoms with Gasteiger partial charge in [-0.05, 0) is 111 Å². The van der Waals surface area contributed by atoms with Gasteiger partial charge in [-0.1, -0.05) is 129 Å². The number of aryl methyl sites for hydroxylation is 2. The molecule has 7 aromatic rings. The molecule has 1 aliphatic carbocycles. The summed E-state index contributed by atoms with van der Waals surface area (Å²) in [6.45, 7) is 9.19. The van der Waals surface area contributed by atoms with Gasteiger partial charge in [0.05, 0.1) is 5.69 Å². The Labute approximate surface area is 272 Å². The normalized spacial score (nSPS) is 13.0. The zero-order valence-electron chi connectivity index (χ0n) is 26.9. The number of fused-ring (bicyclic) bond motifs is 4. The lowest BCUT2D eigenvalue weighted by atomic mass is 9.82. The molecule has 0 bridgehead atoms. The monoisotopic (exact) mass is 591 g/mol. The molecule has 0 heterocycles. The van der Waals surface area contributed by atoms with E-state index in [0.29, 0.717) is 0 Å². The summed E-state index contributed by atoms with van der Waals surface area (Å²) in [6.07, 6.45) is 0. The molecule has 46 heavy (non-hydrogen) atoms. The molecule has 0 saturated heterocycles. The molecule has 1 nitrogen and oxygen atoms in total. The maximum absolute atomic E-state index is 2.47. The van der Waals surface area contributed by atoms with E-state index in [-0.39, 0.29) is 5.41 Å². The van der Waals surface area contributed by atoms with E-state index < -0.39 is 0 Å². The average Bonchev–Trinajstić information content (AvgIpc) is 3.32. The summed E-state index contributed by atoms with van der Waals surface area (Å²) in [7, 11) is 0. The van der Waals surface area contributed by atoms with Gasteiger partial charge in [0.15, 0.2) is 0 Å². The average molecular weight is 592 g/mol. The lowest BCUT2D eigenvalue weighted by Gasteiger charge is -2.30. The van der Waals surface area contributed by atoms with Gasteiger partial charge in [-0.15, -0.1) is 0 Å². The largest absolute Gasteiger partial charge is 0.310 e. The summed E-state index contributed by atoms with van der Waals surface area (Å²) >= 11 is 0. The van der Waals surface area contributed by atoms with E-state index in [4.69, 9.17) is 0 Å². The first kappa shape index (κ1) is 28.1. The number of hydrogen-bond donors (Lipinski definition) is 0. The molecule has 222 valence electrons. The highest BCUT2D eigenvalue weighted by Gasteiger charge is 2.36. The highest BCUT2D eigenvalue weighted by molar-refractivity contribution is 5.99. The molecule has 8 rings (SSSR count). The molecule has 1 aliphatic rings. The van der Waals surface area contributed by atoms with Crippen LogP contribution in [0.4, 0.5) is 17.1 Å². The van der Waals surface area contributed by atoms with E-state index >= 15 is 0 Å². The van der Waals surface area contributed by atoms with Crippen molar-refractivity contribution >= 4 is 27.8 Å². The Balaban J connectivity index is 1.39. The summed E-state index contributed by atoms with van der Waals surface area (Å²) in [4.78, 5) is 2.47. The van der Waals surface area contributed by atoms with E-state index in [1.54, 1.807) is 0 Å². The molecule has 0 aromatic heterocycles. The third-order valence-corrected chi connectivity index (χ3v) is 9.92. The Bertz CT molecular complexity index is 2240. The summed E-state index contributed by atoms with van der Waals surface area (Å²) in [6, 6.07) is 55.7. The molecule has 0 N–H and O–H groups in total. The third-order valence-electron chi connectivity index (χ3n) is 9.92. The number of hydrogen-bond acceptors (Lipinski definition) is 1. The highest BCUT2D eigenvalue weighted by Crippen LogP contribution is 2.52. The maximum Gasteiger partial charge on any atom is 0.0546 e. The fourth-order valence-electron chi connectivity index (χ4n) is 7.46. The van der Waals surface area contributed by atoms with Gasteiger partial charge in [0.2, 0.25) is 0 Å². The van der Waals surface area contributed by atoms with Crippen LogP contribution in [0.1, 0.15) is 36.1 Å². The minimum atomic E-state index is -0.0994. The van der Waals surface area contributed by atoms with Gasteiger partial charge in [-0.3, -0.25) is 0 Å². The minimum Gasteiger partial charge on any atom is -0.310 e. The first-order valence-electron chi connectivity index (χ1n) is 16.2. The fourth-order valence-corrected chi connectivity index (χ4v) is 7.46. The lowest BCUT2D eigenvalue weighted by molar-refractivity contribution is 0.660. The molecule has 0 atom stereocenters. The van der Waals surface area contributed by atoms with E-state index in [0.717, 1.165) is 11.4 Å². The van der Waals surface area contributed by atoms with Crippen LogP contribution in [0, 0.1) is 13.8 Å². The molecule has 0 saturated carbocycles. The van der Waals surface area contributed by atoms with Crippen LogP contribution in [0.5, 0.6) is 0 Å². The van der Waals surface area contributed by atoms with Gasteiger partial charge in [-0.25, -0.2) is 0 Å². The van der Waals surface area contributed by atoms with Gasteiger partial charge in [0.1, 0.15) is 0 Å². The van der Waals surface area contributed by atoms with Crippen molar-refractivity contribution in [3.8, 4) is 33.4 Å². The standard InChI is InChI=1S/C45H37N/c1-30-13-8-11-19-38(30)40-27-34-17-9-10-18-35(34)28-43(40)46(36-23-21-33(22-24-36)32-15-6-5-7-16-32)37-25-26-39-42(29-37)45(3,4)41-20-12-14-31(2)44(39)41/h5-29H,1-4H3. The molecule has 0 fully saturated rings. The Morgan fingerprint density at radius 1 is 0.435 bits per heavy atom. The number of rotatable bonds is 5. The molecular formula is C45H37N. The van der Waals surface area contributed by atoms with Crippen molar-refractivity contribution in [1.29, 1.82) is 0 Å². The van der Waals surface area contributed by atoms with E-state index in [2.05, 4.69) is 184 Å². The topological polar surface area (TPSA) is 3.24 Å². The summed E-state index contributed by atoms with van der Waals surface area (Å²) < 4.78 is 0. The smallest absolute Gasteiger partial charge is 0.0546 e. The summed E-state index contributed by atoms with van der Waals surface area (Å²) in [5, 5.41) is 2.47. The van der Waals surface area contributed by atoms with E-state index in [1.807, 2.05) is 0 Å². The Morgan fingerprint density at radius 3 is 1.83 bits per heavy atom. The Kier molecular flexibility index (Phi) is 6.65. The van der Waals surface area contributed by atoms with Crippen molar-refractivity contribution in [1.82, 2.24) is 0 Å². The van der Waals surface area contributed by atoms with Crippen molar-refractivity contribution in [3.63, 3.8) is 0 Å². The van der Waals surface area contributed by atoms with Crippen LogP contribution in [0.3, 0.4) is 0 Å². The van der Waals surface area contributed by atoms with Gasteiger partial charge in [-0.2, -0.15) is 0 Å². The second-order valence-electron chi connectivity index (χ2n) is 13.1. The SMILES string of the molecule is Cc1ccccc1-c1cc2ccccc2cc1N(c1ccc(-c2ccccc2)cc1)c1ccc2c(c1)C(C)(C)c1cccc(C)c1-2. The van der Waals surface area contributed by atoms with Crippen LogP contribution < -0.4 is 4.90 Å². The van der Waals surface area contributed by atoms with E-state index in [1.165, 1.54) is 72.1 Å². The predicted octanol–water partition coefficient (Wildman–Crippen LogP) is 12.6. The second-order valence-corrected chi connectivity index (χ2v) is 13.1. The minimum absolute atomic E-state index is 0.0994. The Morgan fingerprint density at radius 2 is 1.07 bits per heavy atom. The van der Waals surface area contributed by atoms with Crippen LogP contribution in [-0.4, -0.2) is 0 Å². The van der Waals surface area contributed by atoms with E-state index in [9.17, 15) is 0 Å². The van der Waals surface area contributed by atoms with Crippen molar-refractivity contribution < 1.29 is 0 Å². The van der Waals surface area contributed by atoms with Crippen LogP contribution in [0.25, 0.3) is 44.2 Å². The van der Waals surface area contributed by atoms with Crippen LogP contribution in [0.2, 0.25) is 0 Å². The molecule has 0 amide bonds. The molecule has 1 heteroatoms. The maximum atomic E-state index is 2.47. The zero-order chi connectivity index (χ0) is 31.4. The quantitative estimate of drug-likeness (QED) is 0.192. The van der Waals surface area contributed by atoms with Crippen LogP contribution in [0.15, 0.2) is 152 Å². The highest BCUT2D eigenvalue weighted by atomic mass is 15.1. The first-order valence-corrected chi connectivity index (χ1v) is 16.2. The van der Waals surface area contributed by atoms with Crippen LogP contribution in [-0.2, 0) is 5.41 Å². The molecule has 0 radical (unpaired) electrons. The van der Waals surface area contributed by atoms with Gasteiger partial charge >= 0.3 is 0 Å². The Hall–Kier alpha value is -5.40. The van der Waals surface area contributed by atoms with Crippen molar-refractivity contribution in [2.45, 2.75) is 33.1 Å².